The molecule has 29 heavy (non-hydrogen) atoms. The molecule has 0 saturated heterocycles. The van der Waals surface area contributed by atoms with Crippen molar-refractivity contribution in [2.45, 2.75) is 103 Å². The average Bonchev–Trinajstić information content (AvgIpc) is 2.92. The first-order valence-electron chi connectivity index (χ1n) is 10.9. The molecule has 0 bridgehead atoms. The van der Waals surface area contributed by atoms with Crippen molar-refractivity contribution >= 4 is 20.1 Å². The minimum Gasteiger partial charge on any atom is -0.469 e. The van der Waals surface area contributed by atoms with E-state index in [0.717, 1.165) is 19.3 Å². The molecule has 1 fully saturated rings. The summed E-state index contributed by atoms with van der Waals surface area (Å²) in [6.45, 7) is 13.1. The Morgan fingerprint density at radius 1 is 1.31 bits per heavy atom. The van der Waals surface area contributed by atoms with Crippen LogP contribution in [0, 0.1) is 23.7 Å². The van der Waals surface area contributed by atoms with Crippen LogP contribution >= 0.6 is 0 Å². The van der Waals surface area contributed by atoms with Gasteiger partial charge in [0.25, 0.3) is 0 Å². The number of methoxy groups -OCH3 is 1. The molecule has 0 radical (unpaired) electrons. The molecular formula is C23H40O5Si. The Kier molecular flexibility index (Phi) is 10.1. The van der Waals surface area contributed by atoms with Crippen LogP contribution in [0.2, 0.25) is 18.1 Å². The summed E-state index contributed by atoms with van der Waals surface area (Å²) in [5.41, 5.74) is 0. The summed E-state index contributed by atoms with van der Waals surface area (Å²) in [6, 6.07) is 0. The molecule has 0 spiro atoms. The number of aliphatic hydroxyl groups excluding tert-OH is 1. The van der Waals surface area contributed by atoms with E-state index in [2.05, 4.69) is 57.4 Å². The normalized spacial score (nSPS) is 23.4. The molecular weight excluding hydrogens is 384 g/mol. The van der Waals surface area contributed by atoms with Crippen molar-refractivity contribution < 1.29 is 23.9 Å². The minimum absolute atomic E-state index is 0.0101. The zero-order chi connectivity index (χ0) is 22.2. The molecule has 1 aliphatic carbocycles. The number of ether oxygens (including phenoxy) is 1. The van der Waals surface area contributed by atoms with Gasteiger partial charge in [-0.05, 0) is 36.9 Å². The van der Waals surface area contributed by atoms with E-state index in [1.807, 2.05) is 0 Å². The predicted octanol–water partition coefficient (Wildman–Crippen LogP) is 4.48. The lowest BCUT2D eigenvalue weighted by Gasteiger charge is -2.40. The Balaban J connectivity index is 2.86. The van der Waals surface area contributed by atoms with Crippen molar-refractivity contribution in [1.29, 1.82) is 0 Å². The van der Waals surface area contributed by atoms with Gasteiger partial charge in [0.1, 0.15) is 11.9 Å². The van der Waals surface area contributed by atoms with Gasteiger partial charge in [-0.1, -0.05) is 46.5 Å². The van der Waals surface area contributed by atoms with Crippen molar-refractivity contribution in [1.82, 2.24) is 0 Å². The number of esters is 1. The van der Waals surface area contributed by atoms with Crippen LogP contribution in [0.5, 0.6) is 0 Å². The second-order valence-corrected chi connectivity index (χ2v) is 14.4. The Labute approximate surface area is 178 Å². The number of carbonyl (C=O) groups is 2. The van der Waals surface area contributed by atoms with E-state index in [0.29, 0.717) is 25.7 Å². The van der Waals surface area contributed by atoms with Crippen LogP contribution in [0.4, 0.5) is 0 Å². The fraction of sp³-hybridized carbons (Fsp3) is 0.826. The minimum atomic E-state index is -2.01. The van der Waals surface area contributed by atoms with Crippen LogP contribution in [0.25, 0.3) is 0 Å². The number of unbranched alkanes of at least 4 members (excludes halogenated alkanes) is 2. The standard InChI is InChI=1S/C23H40O5Si/c1-8-9-13-17-20(28-29(6,7)23(2,3)4)16-19(25)22(17)18(24)14-11-10-12-15-21(26)27-5/h17-18,20,22,24H,8-10,12-13,15-16H2,1-7H3. The zero-order valence-corrected chi connectivity index (χ0v) is 20.3. The number of hydrogen-bond donors (Lipinski definition) is 1. The predicted molar refractivity (Wildman–Crippen MR) is 118 cm³/mol. The zero-order valence-electron chi connectivity index (χ0n) is 19.3. The summed E-state index contributed by atoms with van der Waals surface area (Å²) in [5, 5.41) is 10.8. The van der Waals surface area contributed by atoms with Gasteiger partial charge in [-0.15, -0.1) is 5.92 Å². The summed E-state index contributed by atoms with van der Waals surface area (Å²) < 4.78 is 11.2. The summed E-state index contributed by atoms with van der Waals surface area (Å²) in [7, 11) is -0.646. The SMILES string of the molecule is CCCCC1C(O[Si](C)(C)C(C)(C)C)CC(=O)C1C(O)C#CCCCC(=O)OC. The molecule has 4 atom stereocenters. The van der Waals surface area contributed by atoms with E-state index in [4.69, 9.17) is 4.43 Å². The summed E-state index contributed by atoms with van der Waals surface area (Å²) in [5.74, 6) is 5.12. The third-order valence-electron chi connectivity index (χ3n) is 6.36. The van der Waals surface area contributed by atoms with Crippen LogP contribution in [0.15, 0.2) is 0 Å². The highest BCUT2D eigenvalue weighted by Gasteiger charge is 2.49. The maximum atomic E-state index is 12.8. The monoisotopic (exact) mass is 424 g/mol. The molecule has 6 heteroatoms. The van der Waals surface area contributed by atoms with E-state index in [1.165, 1.54) is 7.11 Å². The van der Waals surface area contributed by atoms with Crippen molar-refractivity contribution in [2.24, 2.45) is 11.8 Å². The largest absolute Gasteiger partial charge is 0.469 e. The molecule has 1 rings (SSSR count). The van der Waals surface area contributed by atoms with E-state index >= 15 is 0 Å². The molecule has 0 aromatic heterocycles. The van der Waals surface area contributed by atoms with Crippen molar-refractivity contribution in [3.8, 4) is 11.8 Å². The molecule has 0 heterocycles. The van der Waals surface area contributed by atoms with E-state index in [-0.39, 0.29) is 28.8 Å². The molecule has 0 amide bonds. The van der Waals surface area contributed by atoms with Crippen molar-refractivity contribution in [3.63, 3.8) is 0 Å². The first-order valence-corrected chi connectivity index (χ1v) is 13.8. The number of Topliss-reactive ketones (excluding diaryl/α,β-unsaturated/α-hetero) is 1. The second kappa shape index (κ2) is 11.3. The fourth-order valence-electron chi connectivity index (χ4n) is 3.55. The third kappa shape index (κ3) is 7.55. The average molecular weight is 425 g/mol. The highest BCUT2D eigenvalue weighted by atomic mass is 28.4. The number of hydrogen-bond acceptors (Lipinski definition) is 5. The lowest BCUT2D eigenvalue weighted by Crippen LogP contribution is -2.45. The molecule has 4 unspecified atom stereocenters. The molecule has 0 aromatic carbocycles. The Bertz CT molecular complexity index is 611. The quantitative estimate of drug-likeness (QED) is 0.256. The van der Waals surface area contributed by atoms with Crippen LogP contribution in [0.1, 0.15) is 72.6 Å². The first kappa shape index (κ1) is 25.9. The summed E-state index contributed by atoms with van der Waals surface area (Å²) >= 11 is 0. The molecule has 1 saturated carbocycles. The van der Waals surface area contributed by atoms with Gasteiger partial charge in [0.2, 0.25) is 0 Å². The number of aliphatic hydroxyl groups is 1. The van der Waals surface area contributed by atoms with E-state index in [9.17, 15) is 14.7 Å². The molecule has 0 aliphatic heterocycles. The Morgan fingerprint density at radius 3 is 2.52 bits per heavy atom. The third-order valence-corrected chi connectivity index (χ3v) is 10.9. The summed E-state index contributed by atoms with van der Waals surface area (Å²) in [4.78, 5) is 23.9. The molecule has 1 N–H and O–H groups in total. The van der Waals surface area contributed by atoms with Crippen molar-refractivity contribution in [3.05, 3.63) is 0 Å². The maximum Gasteiger partial charge on any atom is 0.305 e. The molecule has 0 aromatic rings. The van der Waals surface area contributed by atoms with Gasteiger partial charge in [0.05, 0.1) is 19.1 Å². The number of ketones is 1. The lowest BCUT2D eigenvalue weighted by atomic mass is 9.85. The van der Waals surface area contributed by atoms with Crippen LogP contribution in [0.3, 0.4) is 0 Å². The molecule has 5 nitrogen and oxygen atoms in total. The van der Waals surface area contributed by atoms with Gasteiger partial charge in [-0.25, -0.2) is 0 Å². The van der Waals surface area contributed by atoms with Gasteiger partial charge in [0, 0.05) is 19.3 Å². The number of carbonyl (C=O) groups excluding carboxylic acids is 2. The lowest BCUT2D eigenvalue weighted by molar-refractivity contribution is -0.140. The van der Waals surface area contributed by atoms with Gasteiger partial charge >= 0.3 is 5.97 Å². The van der Waals surface area contributed by atoms with Crippen molar-refractivity contribution in [2.75, 3.05) is 7.11 Å². The fourth-order valence-corrected chi connectivity index (χ4v) is 4.91. The van der Waals surface area contributed by atoms with Crippen LogP contribution < -0.4 is 0 Å². The van der Waals surface area contributed by atoms with Crippen LogP contribution in [-0.2, 0) is 18.8 Å². The molecule has 166 valence electrons. The van der Waals surface area contributed by atoms with Gasteiger partial charge < -0.3 is 14.3 Å². The molecule has 1 aliphatic rings. The Hall–Kier alpha value is -1.16. The summed E-state index contributed by atoms with van der Waals surface area (Å²) in [6.07, 6.45) is 3.57. The van der Waals surface area contributed by atoms with Gasteiger partial charge in [-0.2, -0.15) is 0 Å². The highest BCUT2D eigenvalue weighted by Crippen LogP contribution is 2.43. The van der Waals surface area contributed by atoms with E-state index in [1.54, 1.807) is 0 Å². The number of rotatable bonds is 9. The smallest absolute Gasteiger partial charge is 0.305 e. The highest BCUT2D eigenvalue weighted by molar-refractivity contribution is 6.74. The topological polar surface area (TPSA) is 72.8 Å². The van der Waals surface area contributed by atoms with Gasteiger partial charge in [0.15, 0.2) is 8.32 Å². The van der Waals surface area contributed by atoms with Gasteiger partial charge in [-0.3, -0.25) is 9.59 Å². The first-order chi connectivity index (χ1) is 13.4. The second-order valence-electron chi connectivity index (χ2n) is 9.61. The maximum absolute atomic E-state index is 12.8. The van der Waals surface area contributed by atoms with E-state index < -0.39 is 20.3 Å². The Morgan fingerprint density at radius 2 is 1.97 bits per heavy atom. The van der Waals surface area contributed by atoms with Crippen LogP contribution in [-0.4, -0.2) is 44.5 Å².